The van der Waals surface area contributed by atoms with Gasteiger partial charge in [-0.2, -0.15) is 13.2 Å². The standard InChI is InChI=1S/C21H22F3N3O/c1-4-27-18(14-6-5-7-16(12-14)20(2,3)25)13-19(26-27)28-17-10-8-15(9-11-17)21(22,23)24/h5-13H,4,25H2,1-3H3. The smallest absolute Gasteiger partial charge is 0.416 e. The average Bonchev–Trinajstić information content (AvgIpc) is 3.04. The maximum Gasteiger partial charge on any atom is 0.416 e. The Morgan fingerprint density at radius 2 is 1.68 bits per heavy atom. The second kappa shape index (κ2) is 7.31. The van der Waals surface area contributed by atoms with Gasteiger partial charge in [-0.25, -0.2) is 0 Å². The lowest BCUT2D eigenvalue weighted by molar-refractivity contribution is -0.137. The van der Waals surface area contributed by atoms with Crippen molar-refractivity contribution >= 4 is 0 Å². The topological polar surface area (TPSA) is 53.1 Å². The molecule has 0 saturated carbocycles. The number of ether oxygens (including phenoxy) is 1. The summed E-state index contributed by atoms with van der Waals surface area (Å²) in [7, 11) is 0. The summed E-state index contributed by atoms with van der Waals surface area (Å²) in [6.07, 6.45) is -4.38. The fourth-order valence-electron chi connectivity index (χ4n) is 2.83. The Labute approximate surface area is 161 Å². The van der Waals surface area contributed by atoms with Crippen molar-refractivity contribution in [3.05, 3.63) is 65.7 Å². The van der Waals surface area contributed by atoms with Crippen LogP contribution in [-0.4, -0.2) is 9.78 Å². The third-order valence-corrected chi connectivity index (χ3v) is 4.36. The highest BCUT2D eigenvalue weighted by molar-refractivity contribution is 5.62. The number of aryl methyl sites for hydroxylation is 1. The summed E-state index contributed by atoms with van der Waals surface area (Å²) in [5.41, 5.74) is 7.76. The summed E-state index contributed by atoms with van der Waals surface area (Å²) >= 11 is 0. The van der Waals surface area contributed by atoms with Gasteiger partial charge < -0.3 is 10.5 Å². The molecule has 1 heterocycles. The van der Waals surface area contributed by atoms with E-state index in [2.05, 4.69) is 5.10 Å². The number of alkyl halides is 3. The minimum Gasteiger partial charge on any atom is -0.438 e. The molecule has 28 heavy (non-hydrogen) atoms. The second-order valence-corrected chi connectivity index (χ2v) is 7.11. The summed E-state index contributed by atoms with van der Waals surface area (Å²) in [6.45, 7) is 6.43. The first kappa shape index (κ1) is 19.9. The Bertz CT molecular complexity index is 954. The van der Waals surface area contributed by atoms with Gasteiger partial charge in [0.15, 0.2) is 0 Å². The lowest BCUT2D eigenvalue weighted by Gasteiger charge is -2.20. The number of nitrogens with zero attached hydrogens (tertiary/aromatic N) is 2. The van der Waals surface area contributed by atoms with E-state index in [0.29, 0.717) is 12.4 Å². The summed E-state index contributed by atoms with van der Waals surface area (Å²) < 4.78 is 45.5. The Hall–Kier alpha value is -2.80. The highest BCUT2D eigenvalue weighted by atomic mass is 19.4. The summed E-state index contributed by atoms with van der Waals surface area (Å²) in [4.78, 5) is 0. The molecule has 0 saturated heterocycles. The molecule has 2 aromatic carbocycles. The van der Waals surface area contributed by atoms with Crippen molar-refractivity contribution in [2.45, 2.75) is 39.0 Å². The molecule has 3 rings (SSSR count). The van der Waals surface area contributed by atoms with E-state index in [1.165, 1.54) is 12.1 Å². The minimum absolute atomic E-state index is 0.289. The SMILES string of the molecule is CCn1nc(Oc2ccc(C(F)(F)F)cc2)cc1-c1cccc(C(C)(C)N)c1. The lowest BCUT2D eigenvalue weighted by Crippen LogP contribution is -2.28. The van der Waals surface area contributed by atoms with Crippen LogP contribution in [0.4, 0.5) is 13.2 Å². The first-order chi connectivity index (χ1) is 13.1. The van der Waals surface area contributed by atoms with Gasteiger partial charge in [0.2, 0.25) is 5.88 Å². The summed E-state index contributed by atoms with van der Waals surface area (Å²) in [5.74, 6) is 0.603. The largest absolute Gasteiger partial charge is 0.438 e. The van der Waals surface area contributed by atoms with Gasteiger partial charge in [0.1, 0.15) is 5.75 Å². The number of halogens is 3. The average molecular weight is 389 g/mol. The number of hydrogen-bond acceptors (Lipinski definition) is 3. The summed E-state index contributed by atoms with van der Waals surface area (Å²) in [5, 5.41) is 4.40. The zero-order valence-corrected chi connectivity index (χ0v) is 15.9. The first-order valence-corrected chi connectivity index (χ1v) is 8.90. The van der Waals surface area contributed by atoms with Gasteiger partial charge in [0.05, 0.1) is 11.3 Å². The number of nitrogens with two attached hydrogens (primary N) is 1. The Balaban J connectivity index is 1.89. The van der Waals surface area contributed by atoms with E-state index < -0.39 is 17.3 Å². The number of aromatic nitrogens is 2. The van der Waals surface area contributed by atoms with Crippen LogP contribution < -0.4 is 10.5 Å². The molecule has 0 fully saturated rings. The molecule has 0 radical (unpaired) electrons. The Morgan fingerprint density at radius 3 is 2.25 bits per heavy atom. The van der Waals surface area contributed by atoms with E-state index in [9.17, 15) is 13.2 Å². The van der Waals surface area contributed by atoms with E-state index in [0.717, 1.165) is 29.0 Å². The molecular weight excluding hydrogens is 367 g/mol. The third-order valence-electron chi connectivity index (χ3n) is 4.36. The van der Waals surface area contributed by atoms with E-state index in [1.54, 1.807) is 10.7 Å². The molecule has 0 spiro atoms. The van der Waals surface area contributed by atoms with Gasteiger partial charge in [-0.15, -0.1) is 5.10 Å². The normalized spacial score (nSPS) is 12.2. The molecule has 0 amide bonds. The van der Waals surface area contributed by atoms with Crippen LogP contribution in [0.25, 0.3) is 11.3 Å². The Kier molecular flexibility index (Phi) is 5.21. The summed E-state index contributed by atoms with van der Waals surface area (Å²) in [6, 6.07) is 14.2. The van der Waals surface area contributed by atoms with Crippen LogP contribution in [0.15, 0.2) is 54.6 Å². The van der Waals surface area contributed by atoms with Gasteiger partial charge in [-0.3, -0.25) is 4.68 Å². The monoisotopic (exact) mass is 389 g/mol. The van der Waals surface area contributed by atoms with Crippen LogP contribution in [0.2, 0.25) is 0 Å². The number of hydrogen-bond donors (Lipinski definition) is 1. The fourth-order valence-corrected chi connectivity index (χ4v) is 2.83. The number of rotatable bonds is 5. The molecule has 0 bridgehead atoms. The van der Waals surface area contributed by atoms with E-state index in [-0.39, 0.29) is 5.75 Å². The van der Waals surface area contributed by atoms with Crippen LogP contribution in [0.5, 0.6) is 11.6 Å². The molecule has 148 valence electrons. The van der Waals surface area contributed by atoms with Crippen molar-refractivity contribution in [3.8, 4) is 22.9 Å². The van der Waals surface area contributed by atoms with Crippen molar-refractivity contribution in [1.82, 2.24) is 9.78 Å². The quantitative estimate of drug-likeness (QED) is 0.620. The van der Waals surface area contributed by atoms with Crippen molar-refractivity contribution < 1.29 is 17.9 Å². The third kappa shape index (κ3) is 4.36. The fraction of sp³-hybridized carbons (Fsp3) is 0.286. The Morgan fingerprint density at radius 1 is 1.00 bits per heavy atom. The van der Waals surface area contributed by atoms with Crippen LogP contribution >= 0.6 is 0 Å². The molecule has 0 unspecified atom stereocenters. The van der Waals surface area contributed by atoms with Crippen molar-refractivity contribution in [1.29, 1.82) is 0 Å². The molecule has 2 N–H and O–H groups in total. The van der Waals surface area contributed by atoms with Crippen LogP contribution in [-0.2, 0) is 18.3 Å². The van der Waals surface area contributed by atoms with E-state index in [4.69, 9.17) is 10.5 Å². The molecular formula is C21H22F3N3O. The van der Waals surface area contributed by atoms with Crippen molar-refractivity contribution in [2.24, 2.45) is 5.73 Å². The van der Waals surface area contributed by atoms with Crippen LogP contribution in [0.1, 0.15) is 31.9 Å². The van der Waals surface area contributed by atoms with Gasteiger partial charge >= 0.3 is 6.18 Å². The number of benzene rings is 2. The van der Waals surface area contributed by atoms with Gasteiger partial charge in [0, 0.05) is 23.7 Å². The van der Waals surface area contributed by atoms with E-state index in [1.807, 2.05) is 45.0 Å². The predicted molar refractivity (Wildman–Crippen MR) is 102 cm³/mol. The lowest BCUT2D eigenvalue weighted by atomic mass is 9.93. The zero-order chi connectivity index (χ0) is 20.5. The molecule has 0 aliphatic heterocycles. The van der Waals surface area contributed by atoms with Crippen molar-refractivity contribution in [2.75, 3.05) is 0 Å². The van der Waals surface area contributed by atoms with E-state index >= 15 is 0 Å². The van der Waals surface area contributed by atoms with Crippen LogP contribution in [0, 0.1) is 0 Å². The molecule has 0 aliphatic rings. The molecule has 0 aliphatic carbocycles. The molecule has 1 aromatic heterocycles. The van der Waals surface area contributed by atoms with Crippen molar-refractivity contribution in [3.63, 3.8) is 0 Å². The zero-order valence-electron chi connectivity index (χ0n) is 15.9. The maximum atomic E-state index is 12.7. The molecule has 3 aromatic rings. The maximum absolute atomic E-state index is 12.7. The predicted octanol–water partition coefficient (Wildman–Crippen LogP) is 5.57. The second-order valence-electron chi connectivity index (χ2n) is 7.11. The van der Waals surface area contributed by atoms with Gasteiger partial charge in [-0.05, 0) is 56.7 Å². The molecule has 7 heteroatoms. The van der Waals surface area contributed by atoms with Gasteiger partial charge in [-0.1, -0.05) is 18.2 Å². The highest BCUT2D eigenvalue weighted by Crippen LogP contribution is 2.32. The minimum atomic E-state index is -4.38. The first-order valence-electron chi connectivity index (χ1n) is 8.90. The van der Waals surface area contributed by atoms with Crippen LogP contribution in [0.3, 0.4) is 0 Å². The molecule has 4 nitrogen and oxygen atoms in total. The highest BCUT2D eigenvalue weighted by Gasteiger charge is 2.30. The van der Waals surface area contributed by atoms with Gasteiger partial charge in [0.25, 0.3) is 0 Å². The molecule has 0 atom stereocenters.